The van der Waals surface area contributed by atoms with E-state index in [0.717, 1.165) is 36.8 Å². The fraction of sp³-hybridized carbons (Fsp3) is 0.538. The summed E-state index contributed by atoms with van der Waals surface area (Å²) in [5, 5.41) is 16.0. The van der Waals surface area contributed by atoms with E-state index >= 15 is 0 Å². The van der Waals surface area contributed by atoms with Gasteiger partial charge in [-0.05, 0) is 66.4 Å². The smallest absolute Gasteiger partial charge is 0.193 e. The number of aliphatic hydroxyl groups is 1. The summed E-state index contributed by atoms with van der Waals surface area (Å²) in [4.78, 5) is 0. The van der Waals surface area contributed by atoms with E-state index in [1.54, 1.807) is 0 Å². The molecule has 1 saturated carbocycles. The zero-order chi connectivity index (χ0) is 23.5. The third-order valence-electron chi connectivity index (χ3n) is 7.06. The molecule has 4 atom stereocenters. The maximum Gasteiger partial charge on any atom is 0.193 e. The van der Waals surface area contributed by atoms with E-state index in [0.29, 0.717) is 10.0 Å². The summed E-state index contributed by atoms with van der Waals surface area (Å²) >= 11 is 12.6. The minimum absolute atomic E-state index is 0.0223. The summed E-state index contributed by atoms with van der Waals surface area (Å²) in [5.74, 6) is 0. The second-order valence-corrected chi connectivity index (χ2v) is 16.1. The van der Waals surface area contributed by atoms with Crippen LogP contribution in [0.1, 0.15) is 69.7 Å². The standard InChI is InChI=1S/C26H37Cl2NO2Si/c1-26(2,3)32(4,5)31-25(19-9-8-10-21(28)17-19)24(18-13-15-20(27)16-14-18)29-22-11-6-7-12-23(22)30/h8-10,13-17,22-25,29-30H,6-7,11-12H2,1-5H3/t22-,23+,24-,25-/m1/s1. The highest BCUT2D eigenvalue weighted by Gasteiger charge is 2.42. The van der Waals surface area contributed by atoms with Gasteiger partial charge in [0, 0.05) is 16.1 Å². The van der Waals surface area contributed by atoms with E-state index in [4.69, 9.17) is 27.6 Å². The Bertz CT molecular complexity index is 882. The molecule has 2 aromatic rings. The Hall–Kier alpha value is -0.883. The van der Waals surface area contributed by atoms with Crippen molar-refractivity contribution in [1.29, 1.82) is 0 Å². The van der Waals surface area contributed by atoms with E-state index in [1.165, 1.54) is 0 Å². The van der Waals surface area contributed by atoms with Crippen LogP contribution in [0.3, 0.4) is 0 Å². The van der Waals surface area contributed by atoms with Crippen molar-refractivity contribution in [2.24, 2.45) is 0 Å². The molecule has 2 N–H and O–H groups in total. The van der Waals surface area contributed by atoms with Crippen LogP contribution in [0.4, 0.5) is 0 Å². The van der Waals surface area contributed by atoms with E-state index in [2.05, 4.69) is 57.4 Å². The molecule has 32 heavy (non-hydrogen) atoms. The summed E-state index contributed by atoms with van der Waals surface area (Å²) in [6, 6.07) is 15.8. The number of aliphatic hydroxyl groups excluding tert-OH is 1. The lowest BCUT2D eigenvalue weighted by molar-refractivity contribution is 0.0622. The van der Waals surface area contributed by atoms with Gasteiger partial charge in [0.15, 0.2) is 8.32 Å². The van der Waals surface area contributed by atoms with Gasteiger partial charge in [0.2, 0.25) is 0 Å². The quantitative estimate of drug-likeness (QED) is 0.388. The molecule has 176 valence electrons. The van der Waals surface area contributed by atoms with Crippen molar-refractivity contribution in [3.05, 3.63) is 69.7 Å². The third-order valence-corrected chi connectivity index (χ3v) is 12.0. The summed E-state index contributed by atoms with van der Waals surface area (Å²) in [6.45, 7) is 11.3. The van der Waals surface area contributed by atoms with Gasteiger partial charge in [0.1, 0.15) is 0 Å². The van der Waals surface area contributed by atoms with Crippen molar-refractivity contribution in [3.8, 4) is 0 Å². The van der Waals surface area contributed by atoms with Crippen molar-refractivity contribution >= 4 is 31.5 Å². The Morgan fingerprint density at radius 2 is 1.62 bits per heavy atom. The summed E-state index contributed by atoms with van der Waals surface area (Å²) in [5.41, 5.74) is 2.14. The lowest BCUT2D eigenvalue weighted by Crippen LogP contribution is -2.48. The van der Waals surface area contributed by atoms with Crippen LogP contribution in [-0.4, -0.2) is 25.6 Å². The molecule has 6 heteroatoms. The zero-order valence-electron chi connectivity index (χ0n) is 19.9. The van der Waals surface area contributed by atoms with Crippen LogP contribution in [0, 0.1) is 0 Å². The molecule has 0 aromatic heterocycles. The molecule has 3 rings (SSSR count). The monoisotopic (exact) mass is 493 g/mol. The maximum atomic E-state index is 10.7. The number of hydrogen-bond acceptors (Lipinski definition) is 3. The first-order chi connectivity index (χ1) is 15.0. The molecule has 1 aliphatic rings. The van der Waals surface area contributed by atoms with Crippen molar-refractivity contribution < 1.29 is 9.53 Å². The highest BCUT2D eigenvalue weighted by atomic mass is 35.5. The van der Waals surface area contributed by atoms with Gasteiger partial charge in [0.25, 0.3) is 0 Å². The number of halogens is 2. The van der Waals surface area contributed by atoms with Crippen molar-refractivity contribution in [2.45, 2.75) is 88.9 Å². The molecule has 0 bridgehead atoms. The normalized spacial score (nSPS) is 21.9. The molecule has 1 fully saturated rings. The van der Waals surface area contributed by atoms with Gasteiger partial charge in [-0.2, -0.15) is 0 Å². The van der Waals surface area contributed by atoms with Crippen LogP contribution in [0.2, 0.25) is 28.2 Å². The molecule has 3 nitrogen and oxygen atoms in total. The van der Waals surface area contributed by atoms with Gasteiger partial charge in [-0.25, -0.2) is 0 Å². The number of hydrogen-bond donors (Lipinski definition) is 2. The average Bonchev–Trinajstić information content (AvgIpc) is 2.72. The van der Waals surface area contributed by atoms with Crippen molar-refractivity contribution in [3.63, 3.8) is 0 Å². The molecule has 0 amide bonds. The van der Waals surface area contributed by atoms with Gasteiger partial charge in [0.05, 0.1) is 18.2 Å². The van der Waals surface area contributed by atoms with Gasteiger partial charge in [-0.3, -0.25) is 0 Å². The molecule has 0 saturated heterocycles. The average molecular weight is 495 g/mol. The van der Waals surface area contributed by atoms with E-state index in [9.17, 15) is 5.11 Å². The van der Waals surface area contributed by atoms with E-state index in [1.807, 2.05) is 30.3 Å². The lowest BCUT2D eigenvalue weighted by Gasteiger charge is -2.43. The van der Waals surface area contributed by atoms with Crippen molar-refractivity contribution in [2.75, 3.05) is 0 Å². The fourth-order valence-electron chi connectivity index (χ4n) is 4.07. The molecule has 0 radical (unpaired) electrons. The first-order valence-electron chi connectivity index (χ1n) is 11.6. The Morgan fingerprint density at radius 3 is 2.22 bits per heavy atom. The molecule has 2 aromatic carbocycles. The second-order valence-electron chi connectivity index (χ2n) is 10.5. The first kappa shape index (κ1) is 25.7. The number of nitrogens with one attached hydrogen (secondary N) is 1. The molecular weight excluding hydrogens is 457 g/mol. The van der Waals surface area contributed by atoms with Gasteiger partial charge < -0.3 is 14.8 Å². The Kier molecular flexibility index (Phi) is 8.51. The van der Waals surface area contributed by atoms with Gasteiger partial charge in [-0.1, -0.05) is 81.1 Å². The summed E-state index contributed by atoms with van der Waals surface area (Å²) in [6.07, 6.45) is 3.37. The minimum Gasteiger partial charge on any atom is -0.408 e. The van der Waals surface area contributed by atoms with Gasteiger partial charge in [-0.15, -0.1) is 0 Å². The maximum absolute atomic E-state index is 10.7. The Labute approximate surface area is 204 Å². The van der Waals surface area contributed by atoms with E-state index < -0.39 is 8.32 Å². The van der Waals surface area contributed by atoms with Crippen LogP contribution < -0.4 is 5.32 Å². The second kappa shape index (κ2) is 10.6. The highest BCUT2D eigenvalue weighted by Crippen LogP contribution is 2.44. The van der Waals surface area contributed by atoms with Crippen LogP contribution in [0.5, 0.6) is 0 Å². The van der Waals surface area contributed by atoms with Crippen LogP contribution >= 0.6 is 23.2 Å². The summed E-state index contributed by atoms with van der Waals surface area (Å²) in [7, 11) is -2.13. The number of benzene rings is 2. The van der Waals surface area contributed by atoms with E-state index in [-0.39, 0.29) is 29.3 Å². The minimum atomic E-state index is -2.13. The summed E-state index contributed by atoms with van der Waals surface area (Å²) < 4.78 is 7.07. The Balaban J connectivity index is 2.07. The molecular formula is C26H37Cl2NO2Si. The largest absolute Gasteiger partial charge is 0.408 e. The first-order valence-corrected chi connectivity index (χ1v) is 15.3. The molecule has 0 spiro atoms. The topological polar surface area (TPSA) is 41.5 Å². The fourth-order valence-corrected chi connectivity index (χ4v) is 5.66. The Morgan fingerprint density at radius 1 is 0.969 bits per heavy atom. The highest BCUT2D eigenvalue weighted by molar-refractivity contribution is 6.74. The predicted molar refractivity (Wildman–Crippen MR) is 138 cm³/mol. The molecule has 0 heterocycles. The van der Waals surface area contributed by atoms with Crippen LogP contribution in [0.15, 0.2) is 48.5 Å². The predicted octanol–water partition coefficient (Wildman–Crippen LogP) is 7.69. The molecule has 0 unspecified atom stereocenters. The van der Waals surface area contributed by atoms with Crippen LogP contribution in [-0.2, 0) is 4.43 Å². The number of rotatable bonds is 7. The van der Waals surface area contributed by atoms with Crippen molar-refractivity contribution in [1.82, 2.24) is 5.32 Å². The lowest BCUT2D eigenvalue weighted by atomic mass is 9.89. The molecule has 1 aliphatic carbocycles. The van der Waals surface area contributed by atoms with Crippen LogP contribution in [0.25, 0.3) is 0 Å². The molecule has 0 aliphatic heterocycles. The zero-order valence-corrected chi connectivity index (χ0v) is 22.4. The SMILES string of the molecule is CC(C)(C)[Si](C)(C)O[C@H](c1cccc(Cl)c1)[C@H](N[C@@H]1CCCC[C@@H]1O)c1ccc(Cl)cc1. The third kappa shape index (κ3) is 6.37. The van der Waals surface area contributed by atoms with Gasteiger partial charge >= 0.3 is 0 Å².